The average Bonchev–Trinajstić information content (AvgIpc) is 2.91. The molecule has 0 aliphatic carbocycles. The number of carboxylic acids is 1. The van der Waals surface area contributed by atoms with Crippen molar-refractivity contribution in [1.82, 2.24) is 9.88 Å². The lowest BCUT2D eigenvalue weighted by molar-refractivity contribution is -0.122. The van der Waals surface area contributed by atoms with E-state index in [0.29, 0.717) is 22.3 Å². The second kappa shape index (κ2) is 7.31. The highest BCUT2D eigenvalue weighted by Gasteiger charge is 2.32. The molecule has 0 bridgehead atoms. The monoisotopic (exact) mass is 353 g/mol. The van der Waals surface area contributed by atoms with Gasteiger partial charge >= 0.3 is 5.97 Å². The fourth-order valence-electron chi connectivity index (χ4n) is 2.27. The van der Waals surface area contributed by atoms with Crippen LogP contribution in [0.4, 0.5) is 5.69 Å². The Bertz CT molecular complexity index is 861. The first-order valence-electron chi connectivity index (χ1n) is 7.62. The number of carboxylic acid groups (broad SMARTS) is 1. The van der Waals surface area contributed by atoms with Crippen LogP contribution in [0.1, 0.15) is 22.8 Å². The number of carbonyl (C=O) groups excluding carboxylic acids is 1. The van der Waals surface area contributed by atoms with Crippen molar-refractivity contribution < 1.29 is 14.7 Å². The van der Waals surface area contributed by atoms with Crippen LogP contribution in [0.5, 0.6) is 0 Å². The first kappa shape index (κ1) is 16.9. The fourth-order valence-corrected chi connectivity index (χ4v) is 3.34. The average molecular weight is 353 g/mol. The molecule has 0 atom stereocenters. The van der Waals surface area contributed by atoms with E-state index in [0.717, 1.165) is 5.56 Å². The Morgan fingerprint density at radius 1 is 1.32 bits per heavy atom. The Morgan fingerprint density at radius 3 is 2.68 bits per heavy atom. The van der Waals surface area contributed by atoms with Crippen LogP contribution in [0.25, 0.3) is 6.08 Å². The molecule has 1 fully saturated rings. The minimum absolute atomic E-state index is 0.113. The SMILES string of the molecule is CCN1C(=O)C(=Cc2ccc(C(=O)O)cc2)SC1=Nc1cccnc1. The number of rotatable bonds is 4. The van der Waals surface area contributed by atoms with Crippen molar-refractivity contribution in [3.05, 3.63) is 64.8 Å². The van der Waals surface area contributed by atoms with E-state index < -0.39 is 5.97 Å². The maximum Gasteiger partial charge on any atom is 0.335 e. The van der Waals surface area contributed by atoms with Crippen LogP contribution in [0.15, 0.2) is 58.7 Å². The summed E-state index contributed by atoms with van der Waals surface area (Å²) in [6.07, 6.45) is 5.05. The Hall–Kier alpha value is -2.93. The van der Waals surface area contributed by atoms with E-state index in [2.05, 4.69) is 9.98 Å². The molecule has 0 spiro atoms. The van der Waals surface area contributed by atoms with Gasteiger partial charge in [0.2, 0.25) is 0 Å². The summed E-state index contributed by atoms with van der Waals surface area (Å²) in [5.41, 5.74) is 1.66. The third-order valence-electron chi connectivity index (χ3n) is 3.53. The Morgan fingerprint density at radius 2 is 2.08 bits per heavy atom. The largest absolute Gasteiger partial charge is 0.478 e. The van der Waals surface area contributed by atoms with Gasteiger partial charge in [-0.05, 0) is 54.6 Å². The summed E-state index contributed by atoms with van der Waals surface area (Å²) in [6, 6.07) is 10.00. The summed E-state index contributed by atoms with van der Waals surface area (Å²) in [5, 5.41) is 9.55. The van der Waals surface area contributed by atoms with Gasteiger partial charge in [-0.15, -0.1) is 0 Å². The van der Waals surface area contributed by atoms with Crippen LogP contribution < -0.4 is 0 Å². The summed E-state index contributed by atoms with van der Waals surface area (Å²) in [5.74, 6) is -1.09. The molecule has 2 heterocycles. The molecule has 0 radical (unpaired) electrons. The minimum atomic E-state index is -0.978. The number of benzene rings is 1. The molecule has 3 rings (SSSR count). The smallest absolute Gasteiger partial charge is 0.335 e. The molecule has 1 aromatic carbocycles. The number of aromatic carboxylic acids is 1. The number of nitrogens with zero attached hydrogens (tertiary/aromatic N) is 3. The second-order valence-electron chi connectivity index (χ2n) is 5.19. The van der Waals surface area contributed by atoms with E-state index in [1.165, 1.54) is 23.9 Å². The van der Waals surface area contributed by atoms with Crippen LogP contribution >= 0.6 is 11.8 Å². The molecule has 1 amide bonds. The fraction of sp³-hybridized carbons (Fsp3) is 0.111. The van der Waals surface area contributed by atoms with Crippen molar-refractivity contribution in [3.8, 4) is 0 Å². The molecule has 2 aromatic rings. The number of likely N-dealkylation sites (N-methyl/N-ethyl adjacent to an activating group) is 1. The normalized spacial score (nSPS) is 17.5. The highest BCUT2D eigenvalue weighted by molar-refractivity contribution is 8.18. The van der Waals surface area contributed by atoms with E-state index in [4.69, 9.17) is 5.11 Å². The van der Waals surface area contributed by atoms with E-state index in [9.17, 15) is 9.59 Å². The summed E-state index contributed by atoms with van der Waals surface area (Å²) >= 11 is 1.30. The molecule has 126 valence electrons. The third kappa shape index (κ3) is 3.77. The number of hydrogen-bond acceptors (Lipinski definition) is 5. The van der Waals surface area contributed by atoms with E-state index in [1.54, 1.807) is 41.6 Å². The number of carbonyl (C=O) groups is 2. The van der Waals surface area contributed by atoms with Crippen molar-refractivity contribution in [2.45, 2.75) is 6.92 Å². The van der Waals surface area contributed by atoms with Crippen molar-refractivity contribution >= 4 is 40.6 Å². The number of aliphatic imine (C=N–C) groups is 1. The number of amides is 1. The van der Waals surface area contributed by atoms with Gasteiger partial charge in [-0.25, -0.2) is 9.79 Å². The van der Waals surface area contributed by atoms with Gasteiger partial charge in [0.15, 0.2) is 5.17 Å². The van der Waals surface area contributed by atoms with E-state index in [1.807, 2.05) is 13.0 Å². The number of hydrogen-bond donors (Lipinski definition) is 1. The number of amidine groups is 1. The Labute approximate surface area is 148 Å². The number of aromatic nitrogens is 1. The zero-order valence-electron chi connectivity index (χ0n) is 13.4. The summed E-state index contributed by atoms with van der Waals surface area (Å²) in [4.78, 5) is 34.1. The van der Waals surface area contributed by atoms with Crippen molar-refractivity contribution in [2.75, 3.05) is 6.54 Å². The summed E-state index contributed by atoms with van der Waals surface area (Å²) < 4.78 is 0. The van der Waals surface area contributed by atoms with Crippen LogP contribution in [0, 0.1) is 0 Å². The maximum absolute atomic E-state index is 12.6. The molecule has 1 aliphatic heterocycles. The van der Waals surface area contributed by atoms with Crippen LogP contribution in [-0.2, 0) is 4.79 Å². The van der Waals surface area contributed by atoms with Crippen LogP contribution in [-0.4, -0.2) is 38.6 Å². The molecule has 25 heavy (non-hydrogen) atoms. The first-order valence-corrected chi connectivity index (χ1v) is 8.43. The number of thioether (sulfide) groups is 1. The lowest BCUT2D eigenvalue weighted by atomic mass is 10.1. The molecular weight excluding hydrogens is 338 g/mol. The van der Waals surface area contributed by atoms with Crippen molar-refractivity contribution in [3.63, 3.8) is 0 Å². The molecule has 0 saturated carbocycles. The third-order valence-corrected chi connectivity index (χ3v) is 4.54. The molecule has 1 aromatic heterocycles. The standard InChI is InChI=1S/C18H15N3O3S/c1-2-21-16(22)15(10-12-5-7-13(8-6-12)17(23)24)25-18(21)20-14-4-3-9-19-11-14/h3-11H,2H2,1H3,(H,23,24). The van der Waals surface area contributed by atoms with Gasteiger partial charge in [-0.3, -0.25) is 14.7 Å². The van der Waals surface area contributed by atoms with Gasteiger partial charge in [0.1, 0.15) is 0 Å². The van der Waals surface area contributed by atoms with E-state index in [-0.39, 0.29) is 11.5 Å². The highest BCUT2D eigenvalue weighted by Crippen LogP contribution is 2.33. The van der Waals surface area contributed by atoms with Gasteiger partial charge in [0.05, 0.1) is 22.4 Å². The molecule has 1 saturated heterocycles. The van der Waals surface area contributed by atoms with Crippen molar-refractivity contribution in [1.29, 1.82) is 0 Å². The lowest BCUT2D eigenvalue weighted by Gasteiger charge is -2.11. The molecule has 0 unspecified atom stereocenters. The predicted octanol–water partition coefficient (Wildman–Crippen LogP) is 3.40. The molecular formula is C18H15N3O3S. The van der Waals surface area contributed by atoms with Gasteiger partial charge in [0.25, 0.3) is 5.91 Å². The quantitative estimate of drug-likeness (QED) is 0.852. The zero-order chi connectivity index (χ0) is 17.8. The first-order chi connectivity index (χ1) is 12.1. The highest BCUT2D eigenvalue weighted by atomic mass is 32.2. The molecule has 6 nitrogen and oxygen atoms in total. The van der Waals surface area contributed by atoms with E-state index >= 15 is 0 Å². The summed E-state index contributed by atoms with van der Waals surface area (Å²) in [6.45, 7) is 2.40. The predicted molar refractivity (Wildman–Crippen MR) is 97.7 cm³/mol. The molecule has 7 heteroatoms. The van der Waals surface area contributed by atoms with Gasteiger partial charge in [0, 0.05) is 12.7 Å². The van der Waals surface area contributed by atoms with Crippen LogP contribution in [0.2, 0.25) is 0 Å². The van der Waals surface area contributed by atoms with Gasteiger partial charge in [-0.1, -0.05) is 12.1 Å². The Balaban J connectivity index is 1.89. The number of pyridine rings is 1. The molecule has 1 aliphatic rings. The minimum Gasteiger partial charge on any atom is -0.478 e. The summed E-state index contributed by atoms with van der Waals surface area (Å²) in [7, 11) is 0. The van der Waals surface area contributed by atoms with Crippen LogP contribution in [0.3, 0.4) is 0 Å². The van der Waals surface area contributed by atoms with Gasteiger partial charge < -0.3 is 5.11 Å². The second-order valence-corrected chi connectivity index (χ2v) is 6.20. The Kier molecular flexibility index (Phi) is 4.95. The molecule has 1 N–H and O–H groups in total. The van der Waals surface area contributed by atoms with Crippen molar-refractivity contribution in [2.24, 2.45) is 4.99 Å². The lowest BCUT2D eigenvalue weighted by Crippen LogP contribution is -2.28. The maximum atomic E-state index is 12.6. The zero-order valence-corrected chi connectivity index (χ0v) is 14.2. The topological polar surface area (TPSA) is 82.9 Å². The van der Waals surface area contributed by atoms with Gasteiger partial charge in [-0.2, -0.15) is 0 Å².